The van der Waals surface area contributed by atoms with E-state index in [2.05, 4.69) is 29.1 Å². The van der Waals surface area contributed by atoms with Gasteiger partial charge in [0.05, 0.1) is 0 Å². The first-order chi connectivity index (χ1) is 11.5. The summed E-state index contributed by atoms with van der Waals surface area (Å²) in [6, 6.07) is 0. The molecule has 0 atom stereocenters. The molecule has 1 N–H and O–H groups in total. The molecule has 0 aliphatic carbocycles. The molecule has 0 saturated carbocycles. The quantitative estimate of drug-likeness (QED) is 0.596. The van der Waals surface area contributed by atoms with Crippen LogP contribution < -0.4 is 5.32 Å². The zero-order valence-corrected chi connectivity index (χ0v) is 15.8. The van der Waals surface area contributed by atoms with E-state index >= 15 is 0 Å². The van der Waals surface area contributed by atoms with Gasteiger partial charge in [0.25, 0.3) is 0 Å². The van der Waals surface area contributed by atoms with Gasteiger partial charge in [-0.15, -0.1) is 0 Å². The fourth-order valence-corrected chi connectivity index (χ4v) is 4.35. The van der Waals surface area contributed by atoms with Crippen molar-refractivity contribution in [2.24, 2.45) is 16.3 Å². The van der Waals surface area contributed by atoms with E-state index in [1.54, 1.807) is 7.05 Å². The Bertz CT molecular complexity index is 596. The van der Waals surface area contributed by atoms with Gasteiger partial charge in [0.2, 0.25) is 0 Å². The van der Waals surface area contributed by atoms with Crippen LogP contribution in [-0.2, 0) is 10.0 Å². The number of aliphatic imine (C=N–C) groups is 1. The van der Waals surface area contributed by atoms with E-state index in [4.69, 9.17) is 0 Å². The Labute approximate surface area is 147 Å². The highest BCUT2D eigenvalue weighted by Crippen LogP contribution is 2.31. The predicted molar refractivity (Wildman–Crippen MR) is 90.6 cm³/mol. The van der Waals surface area contributed by atoms with E-state index in [9.17, 15) is 21.6 Å². The average molecular weight is 384 g/mol. The molecule has 0 aromatic rings. The van der Waals surface area contributed by atoms with Crippen molar-refractivity contribution in [3.05, 3.63) is 0 Å². The van der Waals surface area contributed by atoms with Gasteiger partial charge in [-0.1, -0.05) is 13.8 Å². The summed E-state index contributed by atoms with van der Waals surface area (Å²) in [7, 11) is -3.49. The van der Waals surface area contributed by atoms with Gasteiger partial charge in [0, 0.05) is 39.8 Å². The Kier molecular flexibility index (Phi) is 5.92. The Balaban J connectivity index is 1.82. The van der Waals surface area contributed by atoms with Gasteiger partial charge in [-0.05, 0) is 30.6 Å². The lowest BCUT2D eigenvalue weighted by Gasteiger charge is -2.32. The molecule has 0 unspecified atom stereocenters. The van der Waals surface area contributed by atoms with Gasteiger partial charge in [0.15, 0.2) is 5.96 Å². The monoisotopic (exact) mass is 384 g/mol. The molecule has 146 valence electrons. The second-order valence-electron chi connectivity index (χ2n) is 7.56. The highest BCUT2D eigenvalue weighted by atomic mass is 32.2. The molecular weight excluding hydrogens is 357 g/mol. The lowest BCUT2D eigenvalue weighted by molar-refractivity contribution is -0.0496. The minimum absolute atomic E-state index is 0.0937. The molecule has 0 bridgehead atoms. The number of nitrogens with zero attached hydrogens (tertiary/aromatic N) is 3. The number of sulfonamides is 1. The van der Waals surface area contributed by atoms with Gasteiger partial charge in [-0.3, -0.25) is 4.99 Å². The molecule has 0 amide bonds. The van der Waals surface area contributed by atoms with Crippen LogP contribution in [0.15, 0.2) is 4.99 Å². The highest BCUT2D eigenvalue weighted by Gasteiger charge is 2.50. The molecule has 2 fully saturated rings. The van der Waals surface area contributed by atoms with Gasteiger partial charge in [-0.25, -0.2) is 8.42 Å². The minimum atomic E-state index is -5.22. The van der Waals surface area contributed by atoms with Crippen molar-refractivity contribution >= 4 is 16.0 Å². The lowest BCUT2D eigenvalue weighted by Crippen LogP contribution is -2.47. The summed E-state index contributed by atoms with van der Waals surface area (Å²) in [6.45, 7) is 6.65. The maximum Gasteiger partial charge on any atom is 0.511 e. The average Bonchev–Trinajstić information content (AvgIpc) is 2.87. The molecule has 2 rings (SSSR count). The number of halogens is 3. The summed E-state index contributed by atoms with van der Waals surface area (Å²) < 4.78 is 61.1. The lowest BCUT2D eigenvalue weighted by atomic mass is 9.93. The van der Waals surface area contributed by atoms with Crippen molar-refractivity contribution in [2.45, 2.75) is 38.6 Å². The van der Waals surface area contributed by atoms with Crippen LogP contribution in [0.25, 0.3) is 0 Å². The summed E-state index contributed by atoms with van der Waals surface area (Å²) >= 11 is 0. The van der Waals surface area contributed by atoms with E-state index in [1.165, 1.54) is 0 Å². The van der Waals surface area contributed by atoms with Gasteiger partial charge < -0.3 is 10.2 Å². The molecule has 0 aromatic carbocycles. The Morgan fingerprint density at radius 2 is 1.84 bits per heavy atom. The Hall–Kier alpha value is -1.03. The van der Waals surface area contributed by atoms with Crippen molar-refractivity contribution in [3.8, 4) is 0 Å². The number of piperidine rings is 1. The first-order valence-corrected chi connectivity index (χ1v) is 9.92. The van der Waals surface area contributed by atoms with Gasteiger partial charge in [-0.2, -0.15) is 17.5 Å². The molecular formula is C15H27F3N4O2S. The van der Waals surface area contributed by atoms with Crippen LogP contribution >= 0.6 is 0 Å². The molecule has 6 nitrogen and oxygen atoms in total. The normalized spacial score (nSPS) is 23.9. The van der Waals surface area contributed by atoms with Gasteiger partial charge in [0.1, 0.15) is 0 Å². The maximum atomic E-state index is 12.6. The van der Waals surface area contributed by atoms with Crippen LogP contribution in [0.4, 0.5) is 13.2 Å². The summed E-state index contributed by atoms with van der Waals surface area (Å²) in [5.74, 6) is 0.933. The Morgan fingerprint density at radius 1 is 1.24 bits per heavy atom. The molecule has 2 aliphatic rings. The molecule has 10 heteroatoms. The summed E-state index contributed by atoms with van der Waals surface area (Å²) in [4.78, 5) is 6.47. The zero-order valence-electron chi connectivity index (χ0n) is 14.9. The Morgan fingerprint density at radius 3 is 2.28 bits per heavy atom. The predicted octanol–water partition coefficient (Wildman–Crippen LogP) is 1.86. The van der Waals surface area contributed by atoms with E-state index in [-0.39, 0.29) is 24.4 Å². The van der Waals surface area contributed by atoms with Gasteiger partial charge >= 0.3 is 15.5 Å². The topological polar surface area (TPSA) is 65.0 Å². The third-order valence-electron chi connectivity index (χ3n) is 4.94. The number of rotatable bonds is 3. The maximum absolute atomic E-state index is 12.6. The molecule has 0 spiro atoms. The van der Waals surface area contributed by atoms with E-state index in [1.807, 2.05) is 0 Å². The third kappa shape index (κ3) is 4.78. The van der Waals surface area contributed by atoms with E-state index < -0.39 is 15.5 Å². The first-order valence-electron chi connectivity index (χ1n) is 8.48. The summed E-state index contributed by atoms with van der Waals surface area (Å²) in [5, 5.41) is 3.29. The second kappa shape index (κ2) is 7.30. The summed E-state index contributed by atoms with van der Waals surface area (Å²) in [5.41, 5.74) is -4.97. The van der Waals surface area contributed by atoms with Crippen LogP contribution in [0.1, 0.15) is 33.1 Å². The van der Waals surface area contributed by atoms with Crippen LogP contribution in [0.2, 0.25) is 0 Å². The zero-order chi connectivity index (χ0) is 18.9. The molecule has 2 saturated heterocycles. The molecule has 0 radical (unpaired) electrons. The molecule has 25 heavy (non-hydrogen) atoms. The third-order valence-corrected chi connectivity index (χ3v) is 6.57. The number of hydrogen-bond acceptors (Lipinski definition) is 3. The van der Waals surface area contributed by atoms with Crippen LogP contribution in [0.5, 0.6) is 0 Å². The van der Waals surface area contributed by atoms with Crippen molar-refractivity contribution < 1.29 is 21.6 Å². The number of nitrogens with one attached hydrogen (secondary N) is 1. The first kappa shape index (κ1) is 20.3. The smallest absolute Gasteiger partial charge is 0.356 e. The van der Waals surface area contributed by atoms with Crippen LogP contribution in [-0.4, -0.2) is 68.9 Å². The van der Waals surface area contributed by atoms with E-state index in [0.29, 0.717) is 23.7 Å². The van der Waals surface area contributed by atoms with Crippen molar-refractivity contribution in [1.29, 1.82) is 0 Å². The van der Waals surface area contributed by atoms with Crippen LogP contribution in [0, 0.1) is 11.3 Å². The van der Waals surface area contributed by atoms with Crippen LogP contribution in [0.3, 0.4) is 0 Å². The minimum Gasteiger partial charge on any atom is -0.356 e. The highest BCUT2D eigenvalue weighted by molar-refractivity contribution is 7.90. The SMILES string of the molecule is CN=C(NCC1CCN(S(=O)(=O)C(F)(F)F)CC1)N1CCC(C)(C)C1. The molecule has 0 aromatic heterocycles. The largest absolute Gasteiger partial charge is 0.511 e. The van der Waals surface area contributed by atoms with Crippen molar-refractivity contribution in [1.82, 2.24) is 14.5 Å². The molecule has 2 heterocycles. The van der Waals surface area contributed by atoms with Crippen molar-refractivity contribution in [3.63, 3.8) is 0 Å². The number of alkyl halides is 3. The standard InChI is InChI=1S/C15H27F3N4O2S/c1-14(2)6-9-21(11-14)13(19-3)20-10-12-4-7-22(8-5-12)25(23,24)15(16,17)18/h12H,4-11H2,1-3H3,(H,19,20). The summed E-state index contributed by atoms with van der Waals surface area (Å²) in [6.07, 6.45) is 1.90. The van der Waals surface area contributed by atoms with Crippen molar-refractivity contribution in [2.75, 3.05) is 39.8 Å². The van der Waals surface area contributed by atoms with E-state index in [0.717, 1.165) is 25.5 Å². The molecule has 2 aliphatic heterocycles. The number of hydrogen-bond donors (Lipinski definition) is 1. The number of likely N-dealkylation sites (tertiary alicyclic amines) is 1. The number of guanidine groups is 1. The fourth-order valence-electron chi connectivity index (χ4n) is 3.36. The fraction of sp³-hybridized carbons (Fsp3) is 0.933. The second-order valence-corrected chi connectivity index (χ2v) is 9.49.